The van der Waals surface area contributed by atoms with E-state index in [1.165, 1.54) is 43.0 Å². The lowest BCUT2D eigenvalue weighted by atomic mass is 9.51. The number of ether oxygens (including phenoxy) is 1. The first-order valence-electron chi connectivity index (χ1n) is 15.6. The number of rotatable bonds is 6. The van der Waals surface area contributed by atoms with Crippen LogP contribution < -0.4 is 10.1 Å². The zero-order valence-electron chi connectivity index (χ0n) is 25.4. The van der Waals surface area contributed by atoms with Crippen LogP contribution >= 0.6 is 0 Å². The molecule has 4 atom stereocenters. The number of amides is 1. The first-order valence-corrected chi connectivity index (χ1v) is 15.6. The minimum Gasteiger partial charge on any atom is -0.504 e. The average Bonchev–Trinajstić information content (AvgIpc) is 3.39. The van der Waals surface area contributed by atoms with Gasteiger partial charge in [-0.2, -0.15) is 13.2 Å². The minimum atomic E-state index is -4.36. The van der Waals surface area contributed by atoms with Crippen molar-refractivity contribution < 1.29 is 32.7 Å². The number of carbonyl (C=O) groups is 1. The van der Waals surface area contributed by atoms with Crippen LogP contribution in [0.1, 0.15) is 53.5 Å². The fourth-order valence-corrected chi connectivity index (χ4v) is 8.09. The molecular weight excluding hydrogens is 599 g/mol. The lowest BCUT2D eigenvalue weighted by Crippen LogP contribution is -2.64. The van der Waals surface area contributed by atoms with Gasteiger partial charge < -0.3 is 15.2 Å². The van der Waals surface area contributed by atoms with E-state index in [1.54, 1.807) is 0 Å². The number of alkyl halides is 3. The molecule has 1 spiro atoms. The van der Waals surface area contributed by atoms with Crippen LogP contribution in [0, 0.1) is 16.0 Å². The number of likely N-dealkylation sites (N-methyl/N-ethyl adjacent to an activating group) is 1. The second-order valence-corrected chi connectivity index (χ2v) is 12.4. The van der Waals surface area contributed by atoms with Gasteiger partial charge in [0, 0.05) is 42.3 Å². The molecule has 3 aromatic rings. The maximum atomic E-state index is 12.3. The SMILES string of the molecule is CNC(=O)/C=C/c1cccc(C(F)(F)F)c1.O=[N+]([O-])c1cc(O)c2c3c1C[C@@H]1[C@@H]4CCC[C@H](O2)[C@]34CCN1CCc1ccccc1. The van der Waals surface area contributed by atoms with E-state index in [9.17, 15) is 33.2 Å². The van der Waals surface area contributed by atoms with Gasteiger partial charge in [-0.3, -0.25) is 19.8 Å². The van der Waals surface area contributed by atoms with Gasteiger partial charge in [0.2, 0.25) is 5.91 Å². The van der Waals surface area contributed by atoms with Gasteiger partial charge in [-0.25, -0.2) is 0 Å². The molecule has 0 aromatic heterocycles. The summed E-state index contributed by atoms with van der Waals surface area (Å²) in [4.78, 5) is 25.0. The van der Waals surface area contributed by atoms with E-state index in [2.05, 4.69) is 34.5 Å². The molecule has 1 saturated carbocycles. The molecule has 2 N–H and O–H groups in total. The zero-order chi connectivity index (χ0) is 32.6. The third-order valence-corrected chi connectivity index (χ3v) is 10.1. The van der Waals surface area contributed by atoms with E-state index in [4.69, 9.17) is 4.74 Å². The van der Waals surface area contributed by atoms with Gasteiger partial charge in [-0.15, -0.1) is 0 Å². The number of hydrogen-bond donors (Lipinski definition) is 2. The summed E-state index contributed by atoms with van der Waals surface area (Å²) < 4.78 is 43.3. The number of phenols is 1. The fraction of sp³-hybridized carbons (Fsp3) is 0.400. The molecule has 0 unspecified atom stereocenters. The van der Waals surface area contributed by atoms with Crippen molar-refractivity contribution in [3.05, 3.63) is 105 Å². The smallest absolute Gasteiger partial charge is 0.416 e. The Bertz CT molecular complexity index is 1660. The Kier molecular flexibility index (Phi) is 8.54. The minimum absolute atomic E-state index is 0.0389. The van der Waals surface area contributed by atoms with Crippen molar-refractivity contribution in [3.63, 3.8) is 0 Å². The van der Waals surface area contributed by atoms with Crippen molar-refractivity contribution in [2.45, 2.75) is 62.3 Å². The number of carbonyl (C=O) groups excluding carboxylic acids is 1. The lowest BCUT2D eigenvalue weighted by molar-refractivity contribution is -0.385. The molecule has 2 fully saturated rings. The number of nitro groups is 1. The second kappa shape index (κ2) is 12.4. The molecule has 11 heteroatoms. The van der Waals surface area contributed by atoms with Crippen molar-refractivity contribution >= 4 is 17.7 Å². The van der Waals surface area contributed by atoms with E-state index >= 15 is 0 Å². The number of nitrogens with zero attached hydrogens (tertiary/aromatic N) is 2. The van der Waals surface area contributed by atoms with E-state index in [0.717, 1.165) is 68.5 Å². The van der Waals surface area contributed by atoms with Crippen molar-refractivity contribution in [3.8, 4) is 11.5 Å². The first kappa shape index (κ1) is 31.6. The van der Waals surface area contributed by atoms with E-state index < -0.39 is 11.7 Å². The van der Waals surface area contributed by atoms with Gasteiger partial charge in [0.15, 0.2) is 11.5 Å². The molecule has 1 saturated heterocycles. The Balaban J connectivity index is 0.000000198. The molecule has 8 nitrogen and oxygen atoms in total. The number of phenolic OH excluding ortho intramolecular Hbond substituents is 1. The zero-order valence-corrected chi connectivity index (χ0v) is 25.4. The molecule has 1 amide bonds. The Labute approximate surface area is 265 Å². The first-order chi connectivity index (χ1) is 22.0. The monoisotopic (exact) mass is 635 g/mol. The predicted octanol–water partition coefficient (Wildman–Crippen LogP) is 6.44. The molecule has 2 aliphatic heterocycles. The van der Waals surface area contributed by atoms with Gasteiger partial charge in [0.25, 0.3) is 5.69 Å². The molecule has 2 heterocycles. The van der Waals surface area contributed by atoms with Crippen molar-refractivity contribution in [2.24, 2.45) is 5.92 Å². The number of nitrogens with one attached hydrogen (secondary N) is 1. The molecule has 46 heavy (non-hydrogen) atoms. The molecule has 242 valence electrons. The van der Waals surface area contributed by atoms with Gasteiger partial charge >= 0.3 is 6.18 Å². The number of nitro benzene ring substituents is 1. The Morgan fingerprint density at radius 1 is 1.17 bits per heavy atom. The van der Waals surface area contributed by atoms with Crippen molar-refractivity contribution in [1.82, 2.24) is 10.2 Å². The average molecular weight is 636 g/mol. The highest BCUT2D eigenvalue weighted by Gasteiger charge is 2.64. The van der Waals surface area contributed by atoms with Crippen LogP contribution in [0.15, 0.2) is 66.7 Å². The van der Waals surface area contributed by atoms with Crippen LogP contribution in [0.3, 0.4) is 0 Å². The second-order valence-electron chi connectivity index (χ2n) is 12.4. The summed E-state index contributed by atoms with van der Waals surface area (Å²) in [5.74, 6) is 0.546. The topological polar surface area (TPSA) is 105 Å². The van der Waals surface area contributed by atoms with Crippen LogP contribution in [0.2, 0.25) is 0 Å². The number of likely N-dealkylation sites (tertiary alicyclic amines) is 1. The van der Waals surface area contributed by atoms with E-state index in [0.29, 0.717) is 29.7 Å². The third-order valence-electron chi connectivity index (χ3n) is 10.1. The molecular formula is C35H36F3N3O5. The summed E-state index contributed by atoms with van der Waals surface area (Å²) in [6.45, 7) is 1.96. The summed E-state index contributed by atoms with van der Waals surface area (Å²) in [6, 6.07) is 16.9. The van der Waals surface area contributed by atoms with Crippen LogP contribution in [-0.2, 0) is 29.2 Å². The number of aromatic hydroxyl groups is 1. The summed E-state index contributed by atoms with van der Waals surface area (Å²) in [5.41, 5.74) is 2.61. The standard InChI is InChI=1S/C24H26N2O4.C11H10F3NO/c27-20-14-18(26(28)29)16-13-19-17-7-4-8-21-24(17,22(16)23(20)30-21)10-12-25(19)11-9-15-5-2-1-3-6-15;1-15-10(16)6-5-8-3-2-4-9(7-8)11(12,13)14/h1-3,5-6,14,17,19,21,27H,4,7-13H2;2-7H,1H3,(H,15,16)/b;6-5+/t17-,19+,21-,24+;/m0./s1. The predicted molar refractivity (Wildman–Crippen MR) is 167 cm³/mol. The third kappa shape index (κ3) is 5.72. The molecule has 3 aromatic carbocycles. The molecule has 4 aliphatic rings. The van der Waals surface area contributed by atoms with E-state index in [-0.39, 0.29) is 33.8 Å². The van der Waals surface area contributed by atoms with Crippen LogP contribution in [0.5, 0.6) is 11.5 Å². The molecule has 7 rings (SSSR count). The summed E-state index contributed by atoms with van der Waals surface area (Å²) in [7, 11) is 1.44. The van der Waals surface area contributed by atoms with Gasteiger partial charge in [-0.1, -0.05) is 42.5 Å². The number of halogens is 3. The highest BCUT2D eigenvalue weighted by atomic mass is 19.4. The van der Waals surface area contributed by atoms with Gasteiger partial charge in [0.1, 0.15) is 6.10 Å². The quantitative estimate of drug-likeness (QED) is 0.184. The maximum absolute atomic E-state index is 12.3. The number of benzene rings is 3. The summed E-state index contributed by atoms with van der Waals surface area (Å²) in [6.07, 6.45) is 4.02. The van der Waals surface area contributed by atoms with E-state index in [1.807, 2.05) is 6.07 Å². The lowest BCUT2D eigenvalue weighted by Gasteiger charge is -2.58. The Morgan fingerprint density at radius 3 is 2.67 bits per heavy atom. The molecule has 0 radical (unpaired) electrons. The molecule has 2 aliphatic carbocycles. The summed E-state index contributed by atoms with van der Waals surface area (Å²) >= 11 is 0. The van der Waals surface area contributed by atoms with Crippen LogP contribution in [-0.4, -0.2) is 53.1 Å². The van der Waals surface area contributed by atoms with Crippen LogP contribution in [0.25, 0.3) is 6.08 Å². The normalized spacial score (nSPS) is 24.4. The van der Waals surface area contributed by atoms with Gasteiger partial charge in [0.05, 0.1) is 16.6 Å². The Hall–Kier alpha value is -4.38. The Morgan fingerprint density at radius 2 is 1.96 bits per heavy atom. The van der Waals surface area contributed by atoms with Crippen molar-refractivity contribution in [2.75, 3.05) is 20.1 Å². The highest BCUT2D eigenvalue weighted by Crippen LogP contribution is 2.65. The number of hydrogen-bond acceptors (Lipinski definition) is 6. The molecule has 2 bridgehead atoms. The number of piperidine rings is 1. The largest absolute Gasteiger partial charge is 0.504 e. The highest BCUT2D eigenvalue weighted by molar-refractivity contribution is 5.91. The van der Waals surface area contributed by atoms with Gasteiger partial charge in [-0.05, 0) is 80.3 Å². The fourth-order valence-electron chi connectivity index (χ4n) is 8.09. The van der Waals surface area contributed by atoms with Crippen molar-refractivity contribution in [1.29, 1.82) is 0 Å². The van der Waals surface area contributed by atoms with Crippen LogP contribution in [0.4, 0.5) is 18.9 Å². The summed E-state index contributed by atoms with van der Waals surface area (Å²) in [5, 5.41) is 24.8. The maximum Gasteiger partial charge on any atom is 0.416 e.